The molecule has 17 heavy (non-hydrogen) atoms. The van der Waals surface area contributed by atoms with Gasteiger partial charge < -0.3 is 10.2 Å². The van der Waals surface area contributed by atoms with E-state index in [2.05, 4.69) is 11.4 Å². The van der Waals surface area contributed by atoms with Crippen LogP contribution in [-0.4, -0.2) is 36.5 Å². The Morgan fingerprint density at radius 3 is 3.00 bits per heavy atom. The van der Waals surface area contributed by atoms with Crippen molar-refractivity contribution in [3.63, 3.8) is 0 Å². The fourth-order valence-electron chi connectivity index (χ4n) is 1.85. The third-order valence-electron chi connectivity index (χ3n) is 2.76. The van der Waals surface area contributed by atoms with Crippen molar-refractivity contribution < 1.29 is 4.79 Å². The molecular weight excluding hydrogens is 238 g/mol. The predicted molar refractivity (Wildman–Crippen MR) is 64.8 cm³/mol. The Morgan fingerprint density at radius 2 is 2.29 bits per heavy atom. The molecule has 0 aromatic heterocycles. The summed E-state index contributed by atoms with van der Waals surface area (Å²) in [5.41, 5.74) is 0.455. The largest absolute Gasteiger partial charge is 0.320 e. The van der Waals surface area contributed by atoms with Gasteiger partial charge in [-0.25, -0.2) is 0 Å². The van der Waals surface area contributed by atoms with Gasteiger partial charge in [-0.2, -0.15) is 5.26 Å². The standard InChI is InChI=1S/C12H12ClN3O/c13-11-4-2-1-3-10(11)12(17)16-6-5-15-8-9(16)7-14/h1-4,9,15H,5-6,8H2. The third-order valence-corrected chi connectivity index (χ3v) is 3.09. The zero-order valence-electron chi connectivity index (χ0n) is 9.19. The van der Waals surface area contributed by atoms with Crippen molar-refractivity contribution in [2.45, 2.75) is 6.04 Å². The van der Waals surface area contributed by atoms with Gasteiger partial charge >= 0.3 is 0 Å². The fourth-order valence-corrected chi connectivity index (χ4v) is 2.07. The van der Waals surface area contributed by atoms with Crippen LogP contribution in [0.4, 0.5) is 0 Å². The summed E-state index contributed by atoms with van der Waals surface area (Å²) in [5, 5.41) is 12.5. The van der Waals surface area contributed by atoms with Gasteiger partial charge in [-0.1, -0.05) is 23.7 Å². The van der Waals surface area contributed by atoms with Crippen molar-refractivity contribution in [2.75, 3.05) is 19.6 Å². The molecule has 1 N–H and O–H groups in total. The Balaban J connectivity index is 2.25. The molecule has 4 nitrogen and oxygen atoms in total. The molecule has 1 atom stereocenters. The summed E-state index contributed by atoms with van der Waals surface area (Å²) in [5.74, 6) is -0.177. The monoisotopic (exact) mass is 249 g/mol. The Bertz CT molecular complexity index is 469. The molecule has 5 heteroatoms. The number of carbonyl (C=O) groups is 1. The van der Waals surface area contributed by atoms with Crippen LogP contribution < -0.4 is 5.32 Å². The molecule has 0 aliphatic carbocycles. The topological polar surface area (TPSA) is 56.1 Å². The lowest BCUT2D eigenvalue weighted by atomic mass is 10.1. The number of rotatable bonds is 1. The lowest BCUT2D eigenvalue weighted by molar-refractivity contribution is 0.0687. The van der Waals surface area contributed by atoms with Crippen LogP contribution in [0.2, 0.25) is 5.02 Å². The van der Waals surface area contributed by atoms with Crippen molar-refractivity contribution in [3.05, 3.63) is 34.9 Å². The first-order chi connectivity index (χ1) is 8.24. The molecule has 1 aliphatic rings. The van der Waals surface area contributed by atoms with Crippen LogP contribution in [0.3, 0.4) is 0 Å². The molecule has 1 amide bonds. The van der Waals surface area contributed by atoms with E-state index in [1.54, 1.807) is 29.2 Å². The lowest BCUT2D eigenvalue weighted by Gasteiger charge is -2.32. The Kier molecular flexibility index (Phi) is 3.62. The first-order valence-corrected chi connectivity index (χ1v) is 5.77. The molecule has 0 spiro atoms. The summed E-state index contributed by atoms with van der Waals surface area (Å²) < 4.78 is 0. The number of piperazine rings is 1. The maximum atomic E-state index is 12.3. The van der Waals surface area contributed by atoms with Crippen molar-refractivity contribution in [1.82, 2.24) is 10.2 Å². The van der Waals surface area contributed by atoms with Gasteiger partial charge in [0.25, 0.3) is 5.91 Å². The van der Waals surface area contributed by atoms with E-state index in [-0.39, 0.29) is 5.91 Å². The molecule has 0 bridgehead atoms. The predicted octanol–water partition coefficient (Wildman–Crippen LogP) is 1.28. The van der Waals surface area contributed by atoms with Crippen LogP contribution in [-0.2, 0) is 0 Å². The second-order valence-electron chi connectivity index (χ2n) is 3.83. The van der Waals surface area contributed by atoms with E-state index in [0.29, 0.717) is 30.2 Å². The third kappa shape index (κ3) is 2.41. The molecule has 1 aromatic rings. The van der Waals surface area contributed by atoms with E-state index >= 15 is 0 Å². The van der Waals surface area contributed by atoms with Gasteiger partial charge in [0.2, 0.25) is 0 Å². The minimum atomic E-state index is -0.424. The Labute approximate surface area is 105 Å². The molecular formula is C12H12ClN3O. The van der Waals surface area contributed by atoms with Crippen molar-refractivity contribution in [1.29, 1.82) is 5.26 Å². The smallest absolute Gasteiger partial charge is 0.256 e. The van der Waals surface area contributed by atoms with Gasteiger partial charge in [-0.15, -0.1) is 0 Å². The van der Waals surface area contributed by atoms with E-state index in [0.717, 1.165) is 0 Å². The van der Waals surface area contributed by atoms with E-state index < -0.39 is 6.04 Å². The molecule has 1 unspecified atom stereocenters. The Hall–Kier alpha value is -1.57. The number of benzene rings is 1. The number of nitriles is 1. The highest BCUT2D eigenvalue weighted by molar-refractivity contribution is 6.33. The minimum absolute atomic E-state index is 0.177. The van der Waals surface area contributed by atoms with Crippen LogP contribution in [0, 0.1) is 11.3 Å². The summed E-state index contributed by atoms with van der Waals surface area (Å²) in [7, 11) is 0. The highest BCUT2D eigenvalue weighted by Crippen LogP contribution is 2.18. The van der Waals surface area contributed by atoms with Crippen molar-refractivity contribution in [3.8, 4) is 6.07 Å². The zero-order chi connectivity index (χ0) is 12.3. The minimum Gasteiger partial charge on any atom is -0.320 e. The number of amides is 1. The maximum Gasteiger partial charge on any atom is 0.256 e. The summed E-state index contributed by atoms with van der Waals surface area (Å²) >= 11 is 5.98. The average Bonchev–Trinajstić information content (AvgIpc) is 2.38. The number of nitrogens with one attached hydrogen (secondary N) is 1. The van der Waals surface area contributed by atoms with E-state index in [4.69, 9.17) is 16.9 Å². The van der Waals surface area contributed by atoms with Crippen molar-refractivity contribution >= 4 is 17.5 Å². The highest BCUT2D eigenvalue weighted by atomic mass is 35.5. The molecule has 1 fully saturated rings. The van der Waals surface area contributed by atoms with E-state index in [1.807, 2.05) is 0 Å². The second-order valence-corrected chi connectivity index (χ2v) is 4.23. The molecule has 88 valence electrons. The Morgan fingerprint density at radius 1 is 1.53 bits per heavy atom. The van der Waals surface area contributed by atoms with E-state index in [1.165, 1.54) is 0 Å². The zero-order valence-corrected chi connectivity index (χ0v) is 9.94. The maximum absolute atomic E-state index is 12.3. The average molecular weight is 250 g/mol. The van der Waals surface area contributed by atoms with Gasteiger partial charge in [0.1, 0.15) is 6.04 Å². The highest BCUT2D eigenvalue weighted by Gasteiger charge is 2.27. The summed E-state index contributed by atoms with van der Waals surface area (Å²) in [6.07, 6.45) is 0. The number of halogens is 1. The van der Waals surface area contributed by atoms with Crippen molar-refractivity contribution in [2.24, 2.45) is 0 Å². The number of hydrogen-bond donors (Lipinski definition) is 1. The molecule has 1 aliphatic heterocycles. The number of carbonyl (C=O) groups excluding carboxylic acids is 1. The van der Waals surface area contributed by atoms with Gasteiger partial charge in [-0.05, 0) is 12.1 Å². The fraction of sp³-hybridized carbons (Fsp3) is 0.333. The quantitative estimate of drug-likeness (QED) is 0.816. The summed E-state index contributed by atoms with van der Waals surface area (Å²) in [6, 6.07) is 8.60. The molecule has 1 saturated heterocycles. The number of hydrogen-bond acceptors (Lipinski definition) is 3. The van der Waals surface area contributed by atoms with Crippen LogP contribution in [0.1, 0.15) is 10.4 Å². The molecule has 2 rings (SSSR count). The second kappa shape index (κ2) is 5.17. The first-order valence-electron chi connectivity index (χ1n) is 5.40. The van der Waals surface area contributed by atoms with Gasteiger partial charge in [-0.3, -0.25) is 4.79 Å². The molecule has 0 saturated carbocycles. The lowest BCUT2D eigenvalue weighted by Crippen LogP contribution is -2.53. The summed E-state index contributed by atoms with van der Waals surface area (Å²) in [4.78, 5) is 13.8. The van der Waals surface area contributed by atoms with Crippen LogP contribution in [0.5, 0.6) is 0 Å². The SMILES string of the molecule is N#CC1CNCCN1C(=O)c1ccccc1Cl. The van der Waals surface area contributed by atoms with Crippen LogP contribution in [0.25, 0.3) is 0 Å². The van der Waals surface area contributed by atoms with Gasteiger partial charge in [0, 0.05) is 19.6 Å². The van der Waals surface area contributed by atoms with Crippen LogP contribution in [0.15, 0.2) is 24.3 Å². The molecule has 1 aromatic carbocycles. The van der Waals surface area contributed by atoms with Gasteiger partial charge in [0.05, 0.1) is 16.7 Å². The van der Waals surface area contributed by atoms with E-state index in [9.17, 15) is 4.79 Å². The van der Waals surface area contributed by atoms with Crippen LogP contribution >= 0.6 is 11.6 Å². The molecule has 1 heterocycles. The first kappa shape index (κ1) is 11.9. The normalized spacial score (nSPS) is 19.8. The number of nitrogens with zero attached hydrogens (tertiary/aromatic N) is 2. The van der Waals surface area contributed by atoms with Gasteiger partial charge in [0.15, 0.2) is 0 Å². The molecule has 0 radical (unpaired) electrons. The summed E-state index contributed by atoms with van der Waals surface area (Å²) in [6.45, 7) is 1.74.